The Morgan fingerprint density at radius 1 is 1.11 bits per heavy atom. The van der Waals surface area contributed by atoms with Crippen LogP contribution in [0.25, 0.3) is 0 Å². The summed E-state index contributed by atoms with van der Waals surface area (Å²) < 4.78 is 25.4. The summed E-state index contributed by atoms with van der Waals surface area (Å²) in [6.07, 6.45) is 8.12. The van der Waals surface area contributed by atoms with Crippen molar-refractivity contribution >= 4 is 33.2 Å². The molecule has 2 aliphatic rings. The highest BCUT2D eigenvalue weighted by atomic mass is 32.2. The first-order valence-electron chi connectivity index (χ1n) is 9.33. The average molecular weight is 391 g/mol. The molecule has 3 rings (SSSR count). The third-order valence-corrected chi connectivity index (χ3v) is 6.68. The first-order valence-corrected chi connectivity index (χ1v) is 10.9. The lowest BCUT2D eigenvalue weighted by molar-refractivity contribution is -0.136. The van der Waals surface area contributed by atoms with Gasteiger partial charge in [0, 0.05) is 18.8 Å². The molecule has 0 bridgehead atoms. The van der Waals surface area contributed by atoms with E-state index < -0.39 is 21.8 Å². The summed E-state index contributed by atoms with van der Waals surface area (Å²) in [5.74, 6) is -1.32. The van der Waals surface area contributed by atoms with E-state index in [2.05, 4.69) is 16.7 Å². The van der Waals surface area contributed by atoms with Gasteiger partial charge in [-0.15, -0.1) is 0 Å². The van der Waals surface area contributed by atoms with Gasteiger partial charge in [-0.25, -0.2) is 8.42 Å². The maximum atomic E-state index is 12.1. The zero-order chi connectivity index (χ0) is 19.3. The second-order valence-corrected chi connectivity index (χ2v) is 8.87. The van der Waals surface area contributed by atoms with Crippen LogP contribution in [-0.4, -0.2) is 39.1 Å². The van der Waals surface area contributed by atoms with Crippen molar-refractivity contribution in [3.05, 3.63) is 35.9 Å². The Labute approximate surface area is 159 Å². The van der Waals surface area contributed by atoms with Gasteiger partial charge in [-0.3, -0.25) is 13.9 Å². The molecule has 27 heavy (non-hydrogen) atoms. The normalized spacial score (nSPS) is 18.7. The second kappa shape index (κ2) is 8.56. The molecule has 0 atom stereocenters. The SMILES string of the molecule is O=C(NCCC1=CCCCC1)C(=O)Nc1cccc(N2CCCS2(=O)=O)c1. The second-order valence-electron chi connectivity index (χ2n) is 6.86. The molecule has 1 aromatic rings. The van der Waals surface area contributed by atoms with Crippen LogP contribution in [0.15, 0.2) is 35.9 Å². The molecule has 1 fully saturated rings. The Morgan fingerprint density at radius 2 is 1.96 bits per heavy atom. The van der Waals surface area contributed by atoms with Crippen molar-refractivity contribution in [1.29, 1.82) is 0 Å². The molecular weight excluding hydrogens is 366 g/mol. The van der Waals surface area contributed by atoms with Crippen LogP contribution in [0.3, 0.4) is 0 Å². The van der Waals surface area contributed by atoms with Crippen molar-refractivity contribution in [2.45, 2.75) is 38.5 Å². The van der Waals surface area contributed by atoms with Crippen LogP contribution in [0.2, 0.25) is 0 Å². The molecule has 0 unspecified atom stereocenters. The molecule has 1 heterocycles. The van der Waals surface area contributed by atoms with Crippen LogP contribution < -0.4 is 14.9 Å². The minimum atomic E-state index is -3.29. The van der Waals surface area contributed by atoms with Crippen LogP contribution in [-0.2, 0) is 19.6 Å². The standard InChI is InChI=1S/C19H25N3O4S/c23-18(20-11-10-15-6-2-1-3-7-15)19(24)21-16-8-4-9-17(14-16)22-12-5-13-27(22,25)26/h4,6,8-9,14H,1-3,5,7,10-13H2,(H,20,23)(H,21,24). The predicted octanol–water partition coefficient (Wildman–Crippen LogP) is 2.17. The smallest absolute Gasteiger partial charge is 0.313 e. The topological polar surface area (TPSA) is 95.6 Å². The number of anilines is 2. The molecule has 0 aromatic heterocycles. The maximum absolute atomic E-state index is 12.1. The number of allylic oxidation sites excluding steroid dienone is 1. The van der Waals surface area contributed by atoms with Gasteiger partial charge in [-0.2, -0.15) is 0 Å². The molecule has 2 N–H and O–H groups in total. The Balaban J connectivity index is 1.53. The minimum Gasteiger partial charge on any atom is -0.348 e. The van der Waals surface area contributed by atoms with E-state index in [0.29, 0.717) is 30.9 Å². The number of rotatable bonds is 5. The number of nitrogens with zero attached hydrogens (tertiary/aromatic N) is 1. The maximum Gasteiger partial charge on any atom is 0.313 e. The summed E-state index contributed by atoms with van der Waals surface area (Å²) in [5.41, 5.74) is 2.22. The van der Waals surface area contributed by atoms with Gasteiger partial charge in [0.15, 0.2) is 0 Å². The van der Waals surface area contributed by atoms with Gasteiger partial charge in [0.25, 0.3) is 0 Å². The summed E-state index contributed by atoms with van der Waals surface area (Å²) in [4.78, 5) is 24.1. The monoisotopic (exact) mass is 391 g/mol. The van der Waals surface area contributed by atoms with Crippen LogP contribution >= 0.6 is 0 Å². The van der Waals surface area contributed by atoms with E-state index in [0.717, 1.165) is 19.3 Å². The molecule has 1 aliphatic carbocycles. The number of hydrogen-bond donors (Lipinski definition) is 2. The number of carbonyl (C=O) groups excluding carboxylic acids is 2. The number of nitrogens with one attached hydrogen (secondary N) is 2. The van der Waals surface area contributed by atoms with Crippen molar-refractivity contribution < 1.29 is 18.0 Å². The van der Waals surface area contributed by atoms with Crippen molar-refractivity contribution in [3.8, 4) is 0 Å². The Hall–Kier alpha value is -2.35. The van der Waals surface area contributed by atoms with E-state index in [1.807, 2.05) is 0 Å². The lowest BCUT2D eigenvalue weighted by Gasteiger charge is -2.17. The first kappa shape index (κ1) is 19.4. The summed E-state index contributed by atoms with van der Waals surface area (Å²) in [6, 6.07) is 6.54. The Kier molecular flexibility index (Phi) is 6.15. The summed E-state index contributed by atoms with van der Waals surface area (Å²) in [7, 11) is -3.29. The van der Waals surface area contributed by atoms with Gasteiger partial charge in [0.2, 0.25) is 10.0 Å². The molecule has 8 heteroatoms. The third kappa shape index (κ3) is 5.09. The van der Waals surface area contributed by atoms with E-state index in [9.17, 15) is 18.0 Å². The molecule has 0 spiro atoms. The van der Waals surface area contributed by atoms with Crippen LogP contribution in [0.5, 0.6) is 0 Å². The van der Waals surface area contributed by atoms with Crippen molar-refractivity contribution in [2.75, 3.05) is 28.5 Å². The van der Waals surface area contributed by atoms with Gasteiger partial charge in [-0.05, 0) is 56.7 Å². The Morgan fingerprint density at radius 3 is 2.67 bits per heavy atom. The van der Waals surface area contributed by atoms with Gasteiger partial charge in [-0.1, -0.05) is 17.7 Å². The summed E-state index contributed by atoms with van der Waals surface area (Å²) in [5, 5.41) is 5.17. The first-order chi connectivity index (χ1) is 13.0. The zero-order valence-electron chi connectivity index (χ0n) is 15.2. The van der Waals surface area contributed by atoms with Gasteiger partial charge in [0.05, 0.1) is 11.4 Å². The van der Waals surface area contributed by atoms with E-state index in [1.165, 1.54) is 22.7 Å². The molecule has 0 radical (unpaired) electrons. The summed E-state index contributed by atoms with van der Waals surface area (Å²) in [6.45, 7) is 0.861. The van der Waals surface area contributed by atoms with E-state index in [1.54, 1.807) is 24.3 Å². The minimum absolute atomic E-state index is 0.127. The molecule has 146 valence electrons. The fourth-order valence-electron chi connectivity index (χ4n) is 3.40. The van der Waals surface area contributed by atoms with Crippen molar-refractivity contribution in [1.82, 2.24) is 5.32 Å². The fourth-order valence-corrected chi connectivity index (χ4v) is 4.96. The highest BCUT2D eigenvalue weighted by Crippen LogP contribution is 2.26. The number of amides is 2. The molecule has 1 aromatic carbocycles. The van der Waals surface area contributed by atoms with Crippen molar-refractivity contribution in [3.63, 3.8) is 0 Å². The van der Waals surface area contributed by atoms with E-state index in [4.69, 9.17) is 0 Å². The lowest BCUT2D eigenvalue weighted by Crippen LogP contribution is -2.36. The van der Waals surface area contributed by atoms with Crippen LogP contribution in [0.1, 0.15) is 38.5 Å². The van der Waals surface area contributed by atoms with Crippen LogP contribution in [0, 0.1) is 0 Å². The number of benzene rings is 1. The largest absolute Gasteiger partial charge is 0.348 e. The van der Waals surface area contributed by atoms with Crippen molar-refractivity contribution in [2.24, 2.45) is 0 Å². The summed E-state index contributed by atoms with van der Waals surface area (Å²) >= 11 is 0. The number of hydrogen-bond acceptors (Lipinski definition) is 4. The highest BCUT2D eigenvalue weighted by molar-refractivity contribution is 7.93. The molecule has 2 amide bonds. The van der Waals surface area contributed by atoms with Gasteiger partial charge in [0.1, 0.15) is 0 Å². The predicted molar refractivity (Wildman–Crippen MR) is 105 cm³/mol. The quantitative estimate of drug-likeness (QED) is 0.594. The number of carbonyl (C=O) groups is 2. The molecular formula is C19H25N3O4S. The third-order valence-electron chi connectivity index (χ3n) is 4.81. The molecule has 7 nitrogen and oxygen atoms in total. The van der Waals surface area contributed by atoms with E-state index in [-0.39, 0.29) is 5.75 Å². The highest BCUT2D eigenvalue weighted by Gasteiger charge is 2.28. The fraction of sp³-hybridized carbons (Fsp3) is 0.474. The average Bonchev–Trinajstić information content (AvgIpc) is 3.02. The molecule has 1 saturated heterocycles. The lowest BCUT2D eigenvalue weighted by atomic mass is 9.97. The molecule has 1 aliphatic heterocycles. The zero-order valence-corrected chi connectivity index (χ0v) is 16.1. The molecule has 0 saturated carbocycles. The van der Waals surface area contributed by atoms with Gasteiger partial charge >= 0.3 is 11.8 Å². The van der Waals surface area contributed by atoms with Crippen LogP contribution in [0.4, 0.5) is 11.4 Å². The van der Waals surface area contributed by atoms with E-state index >= 15 is 0 Å². The number of sulfonamides is 1. The Bertz CT molecular complexity index is 848. The van der Waals surface area contributed by atoms with Gasteiger partial charge < -0.3 is 10.6 Å².